The molecule has 1 aliphatic rings. The van der Waals surface area contributed by atoms with Gasteiger partial charge in [0.05, 0.1) is 6.04 Å². The van der Waals surface area contributed by atoms with Gasteiger partial charge < -0.3 is 15.4 Å². The molecule has 3 rings (SSSR count). The topological polar surface area (TPSA) is 63.2 Å². The van der Waals surface area contributed by atoms with E-state index in [0.717, 1.165) is 36.3 Å². The van der Waals surface area contributed by atoms with Crippen LogP contribution in [-0.2, 0) is 11.3 Å². The molecule has 2 aromatic rings. The van der Waals surface area contributed by atoms with Gasteiger partial charge in [-0.05, 0) is 62.1 Å². The van der Waals surface area contributed by atoms with Gasteiger partial charge in [0.1, 0.15) is 5.75 Å². The van der Waals surface area contributed by atoms with E-state index in [2.05, 4.69) is 28.6 Å². The summed E-state index contributed by atoms with van der Waals surface area (Å²) < 4.78 is 5.90. The van der Waals surface area contributed by atoms with Gasteiger partial charge in [-0.15, -0.1) is 0 Å². The number of rotatable bonds is 5. The molecule has 126 valence electrons. The zero-order chi connectivity index (χ0) is 16.9. The number of nitrogens with zero attached hydrogens (tertiary/aromatic N) is 1. The third-order valence-corrected chi connectivity index (χ3v) is 4.41. The lowest BCUT2D eigenvalue weighted by atomic mass is 10.1. The van der Waals surface area contributed by atoms with E-state index in [9.17, 15) is 4.79 Å². The largest absolute Gasteiger partial charge is 0.439 e. The van der Waals surface area contributed by atoms with E-state index in [1.807, 2.05) is 31.2 Å². The highest BCUT2D eigenvalue weighted by Gasteiger charge is 2.21. The summed E-state index contributed by atoms with van der Waals surface area (Å²) in [4.78, 5) is 16.3. The molecule has 1 aromatic heterocycles. The van der Waals surface area contributed by atoms with E-state index in [4.69, 9.17) is 4.74 Å². The molecule has 5 heteroatoms. The number of pyridine rings is 1. The van der Waals surface area contributed by atoms with Crippen molar-refractivity contribution in [1.82, 2.24) is 15.6 Å². The summed E-state index contributed by atoms with van der Waals surface area (Å²) >= 11 is 0. The number of amides is 1. The Morgan fingerprint density at radius 2 is 2.25 bits per heavy atom. The van der Waals surface area contributed by atoms with Crippen LogP contribution in [0.25, 0.3) is 0 Å². The van der Waals surface area contributed by atoms with Crippen LogP contribution >= 0.6 is 0 Å². The van der Waals surface area contributed by atoms with Crippen molar-refractivity contribution in [1.29, 1.82) is 0 Å². The quantitative estimate of drug-likeness (QED) is 0.887. The molecule has 1 atom stereocenters. The van der Waals surface area contributed by atoms with Crippen LogP contribution in [0.1, 0.15) is 29.5 Å². The molecule has 1 aromatic carbocycles. The van der Waals surface area contributed by atoms with E-state index < -0.39 is 0 Å². The Morgan fingerprint density at radius 1 is 1.38 bits per heavy atom. The van der Waals surface area contributed by atoms with Crippen LogP contribution in [0.3, 0.4) is 0 Å². The summed E-state index contributed by atoms with van der Waals surface area (Å²) in [5.74, 6) is 1.40. The Kier molecular flexibility index (Phi) is 5.11. The normalized spacial score (nSPS) is 16.8. The van der Waals surface area contributed by atoms with Crippen molar-refractivity contribution in [3.63, 3.8) is 0 Å². The molecular weight excluding hydrogens is 302 g/mol. The van der Waals surface area contributed by atoms with Gasteiger partial charge in [0.25, 0.3) is 0 Å². The first-order chi connectivity index (χ1) is 11.6. The van der Waals surface area contributed by atoms with Gasteiger partial charge >= 0.3 is 0 Å². The lowest BCUT2D eigenvalue weighted by Crippen LogP contribution is -2.39. The molecule has 0 saturated carbocycles. The van der Waals surface area contributed by atoms with Gasteiger partial charge in [0, 0.05) is 18.8 Å². The molecule has 0 radical (unpaired) electrons. The van der Waals surface area contributed by atoms with E-state index in [-0.39, 0.29) is 11.9 Å². The first-order valence-corrected chi connectivity index (χ1v) is 8.33. The lowest BCUT2D eigenvalue weighted by Gasteiger charge is -2.12. The minimum atomic E-state index is -0.0579. The molecule has 5 nitrogen and oxygen atoms in total. The molecule has 1 fully saturated rings. The van der Waals surface area contributed by atoms with Gasteiger partial charge in [-0.1, -0.05) is 12.1 Å². The average Bonchev–Trinajstić information content (AvgIpc) is 3.12. The van der Waals surface area contributed by atoms with E-state index in [1.165, 1.54) is 5.56 Å². The third-order valence-electron chi connectivity index (χ3n) is 4.41. The Bertz CT molecular complexity index is 724. The number of aryl methyl sites for hydroxylation is 1. The van der Waals surface area contributed by atoms with E-state index in [1.54, 1.807) is 6.20 Å². The first kappa shape index (κ1) is 16.5. The fourth-order valence-electron chi connectivity index (χ4n) is 2.78. The van der Waals surface area contributed by atoms with Crippen molar-refractivity contribution < 1.29 is 9.53 Å². The third kappa shape index (κ3) is 3.92. The van der Waals surface area contributed by atoms with Crippen LogP contribution in [0.4, 0.5) is 0 Å². The monoisotopic (exact) mass is 325 g/mol. The predicted molar refractivity (Wildman–Crippen MR) is 93.1 cm³/mol. The van der Waals surface area contributed by atoms with Crippen LogP contribution in [0, 0.1) is 13.8 Å². The summed E-state index contributed by atoms with van der Waals surface area (Å²) in [6, 6.07) is 9.65. The lowest BCUT2D eigenvalue weighted by molar-refractivity contribution is -0.122. The number of nitrogens with one attached hydrogen (secondary N) is 2. The van der Waals surface area contributed by atoms with Gasteiger partial charge in [-0.25, -0.2) is 4.98 Å². The van der Waals surface area contributed by atoms with Crippen molar-refractivity contribution in [2.75, 3.05) is 6.54 Å². The van der Waals surface area contributed by atoms with Crippen molar-refractivity contribution in [3.05, 3.63) is 53.2 Å². The molecule has 0 bridgehead atoms. The minimum Gasteiger partial charge on any atom is -0.439 e. The van der Waals surface area contributed by atoms with Crippen LogP contribution in [0.15, 0.2) is 36.5 Å². The van der Waals surface area contributed by atoms with Crippen LogP contribution in [-0.4, -0.2) is 23.5 Å². The summed E-state index contributed by atoms with van der Waals surface area (Å²) in [5.41, 5.74) is 3.25. The second kappa shape index (κ2) is 7.45. The molecule has 1 unspecified atom stereocenters. The second-order valence-corrected chi connectivity index (χ2v) is 6.17. The molecule has 0 spiro atoms. The van der Waals surface area contributed by atoms with Crippen molar-refractivity contribution in [3.8, 4) is 11.6 Å². The van der Waals surface area contributed by atoms with Gasteiger partial charge in [-0.3, -0.25) is 4.79 Å². The molecule has 2 heterocycles. The molecule has 1 saturated heterocycles. The highest BCUT2D eigenvalue weighted by molar-refractivity contribution is 5.81. The number of hydrogen-bond donors (Lipinski definition) is 2. The number of ether oxygens (including phenoxy) is 1. The Labute approximate surface area is 142 Å². The molecule has 2 N–H and O–H groups in total. The smallest absolute Gasteiger partial charge is 0.237 e. The molecule has 1 amide bonds. The maximum absolute atomic E-state index is 12.1. The number of aromatic nitrogens is 1. The van der Waals surface area contributed by atoms with E-state index in [0.29, 0.717) is 12.4 Å². The van der Waals surface area contributed by atoms with Crippen molar-refractivity contribution in [2.24, 2.45) is 0 Å². The summed E-state index contributed by atoms with van der Waals surface area (Å²) in [5, 5.41) is 6.17. The maximum Gasteiger partial charge on any atom is 0.237 e. The molecule has 0 aliphatic carbocycles. The fraction of sp³-hybridized carbons (Fsp3) is 0.368. The second-order valence-electron chi connectivity index (χ2n) is 6.17. The Morgan fingerprint density at radius 3 is 3.04 bits per heavy atom. The molecular formula is C19H23N3O2. The van der Waals surface area contributed by atoms with Crippen LogP contribution < -0.4 is 15.4 Å². The molecule has 1 aliphatic heterocycles. The molecule has 24 heavy (non-hydrogen) atoms. The fourth-order valence-corrected chi connectivity index (χ4v) is 2.78. The zero-order valence-electron chi connectivity index (χ0n) is 14.1. The van der Waals surface area contributed by atoms with E-state index >= 15 is 0 Å². The van der Waals surface area contributed by atoms with Gasteiger partial charge in [0.2, 0.25) is 11.8 Å². The SMILES string of the molecule is Cc1cccc(Oc2cc(CNC(=O)C3CCCN3)ccn2)c1C. The van der Waals surface area contributed by atoms with Crippen LogP contribution in [0.5, 0.6) is 11.6 Å². The Balaban J connectivity index is 1.63. The average molecular weight is 325 g/mol. The van der Waals surface area contributed by atoms with Crippen molar-refractivity contribution >= 4 is 5.91 Å². The number of carbonyl (C=O) groups excluding carboxylic acids is 1. The summed E-state index contributed by atoms with van der Waals surface area (Å²) in [6.45, 7) is 5.48. The van der Waals surface area contributed by atoms with Crippen LogP contribution in [0.2, 0.25) is 0 Å². The number of hydrogen-bond acceptors (Lipinski definition) is 4. The minimum absolute atomic E-state index is 0.0568. The Hall–Kier alpha value is -2.40. The van der Waals surface area contributed by atoms with Gasteiger partial charge in [-0.2, -0.15) is 0 Å². The highest BCUT2D eigenvalue weighted by Crippen LogP contribution is 2.25. The summed E-state index contributed by atoms with van der Waals surface area (Å²) in [7, 11) is 0. The standard InChI is InChI=1S/C19H23N3O2/c1-13-5-3-7-17(14(13)2)24-18-11-15(8-10-21-18)12-22-19(23)16-6-4-9-20-16/h3,5,7-8,10-11,16,20H,4,6,9,12H2,1-2H3,(H,22,23). The van der Waals surface area contributed by atoms with Gasteiger partial charge in [0.15, 0.2) is 0 Å². The first-order valence-electron chi connectivity index (χ1n) is 8.33. The number of carbonyl (C=O) groups is 1. The maximum atomic E-state index is 12.1. The predicted octanol–water partition coefficient (Wildman–Crippen LogP) is 2.86. The zero-order valence-corrected chi connectivity index (χ0v) is 14.1. The number of benzene rings is 1. The highest BCUT2D eigenvalue weighted by atomic mass is 16.5. The van der Waals surface area contributed by atoms with Crippen molar-refractivity contribution in [2.45, 2.75) is 39.3 Å². The summed E-state index contributed by atoms with van der Waals surface area (Å²) in [6.07, 6.45) is 3.67.